The summed E-state index contributed by atoms with van der Waals surface area (Å²) in [6, 6.07) is 5.46. The first kappa shape index (κ1) is 10.0. The molecule has 5 nitrogen and oxygen atoms in total. The zero-order chi connectivity index (χ0) is 11.7. The Hall–Kier alpha value is -2.17. The number of carbonyl (C=O) groups is 1. The lowest BCUT2D eigenvalue weighted by atomic mass is 10.3. The number of rotatable bonds is 3. The predicted octanol–water partition coefficient (Wildman–Crippen LogP) is 1.62. The van der Waals surface area contributed by atoms with Gasteiger partial charge in [-0.2, -0.15) is 5.10 Å². The van der Waals surface area contributed by atoms with E-state index in [9.17, 15) is 4.79 Å². The van der Waals surface area contributed by atoms with Crippen molar-refractivity contribution in [3.63, 3.8) is 0 Å². The lowest BCUT2D eigenvalue weighted by molar-refractivity contribution is -0.117. The van der Waals surface area contributed by atoms with Crippen LogP contribution in [-0.4, -0.2) is 20.7 Å². The van der Waals surface area contributed by atoms with Crippen LogP contribution in [0.25, 0.3) is 5.82 Å². The van der Waals surface area contributed by atoms with Crippen molar-refractivity contribution >= 4 is 11.6 Å². The van der Waals surface area contributed by atoms with E-state index in [2.05, 4.69) is 15.4 Å². The van der Waals surface area contributed by atoms with E-state index in [0.717, 1.165) is 12.8 Å². The third-order valence-electron chi connectivity index (χ3n) is 2.71. The van der Waals surface area contributed by atoms with Crippen LogP contribution in [0, 0.1) is 5.92 Å². The minimum Gasteiger partial charge on any atom is -0.323 e. The smallest absolute Gasteiger partial charge is 0.227 e. The number of nitrogens with zero attached hydrogens (tertiary/aromatic N) is 3. The van der Waals surface area contributed by atoms with Gasteiger partial charge in [-0.25, -0.2) is 9.67 Å². The summed E-state index contributed by atoms with van der Waals surface area (Å²) in [6.45, 7) is 0. The summed E-state index contributed by atoms with van der Waals surface area (Å²) < 4.78 is 1.64. The molecule has 0 radical (unpaired) electrons. The highest BCUT2D eigenvalue weighted by Gasteiger charge is 2.30. The molecule has 2 aromatic rings. The Labute approximate surface area is 98.5 Å². The van der Waals surface area contributed by atoms with Crippen molar-refractivity contribution in [3.05, 3.63) is 36.8 Å². The van der Waals surface area contributed by atoms with E-state index in [-0.39, 0.29) is 11.8 Å². The second-order valence-corrected chi connectivity index (χ2v) is 4.09. The second kappa shape index (κ2) is 4.01. The third kappa shape index (κ3) is 2.04. The maximum Gasteiger partial charge on any atom is 0.227 e. The first-order valence-electron chi connectivity index (χ1n) is 5.60. The van der Waals surface area contributed by atoms with Crippen molar-refractivity contribution in [2.75, 3.05) is 5.32 Å². The van der Waals surface area contributed by atoms with Gasteiger partial charge in [-0.1, -0.05) is 0 Å². The molecule has 1 amide bonds. The molecular formula is C12H12N4O. The van der Waals surface area contributed by atoms with Crippen LogP contribution >= 0.6 is 0 Å². The quantitative estimate of drug-likeness (QED) is 0.868. The molecule has 0 saturated heterocycles. The molecule has 5 heteroatoms. The monoisotopic (exact) mass is 228 g/mol. The van der Waals surface area contributed by atoms with Gasteiger partial charge in [-0.15, -0.1) is 0 Å². The van der Waals surface area contributed by atoms with E-state index in [4.69, 9.17) is 0 Å². The van der Waals surface area contributed by atoms with E-state index in [1.807, 2.05) is 12.1 Å². The molecule has 1 aliphatic carbocycles. The molecule has 0 atom stereocenters. The molecule has 17 heavy (non-hydrogen) atoms. The van der Waals surface area contributed by atoms with Crippen molar-refractivity contribution in [2.24, 2.45) is 5.92 Å². The SMILES string of the molecule is O=C(Nc1cccnc1-n1cccn1)C1CC1. The fourth-order valence-electron chi connectivity index (χ4n) is 1.65. The van der Waals surface area contributed by atoms with Gasteiger partial charge in [0, 0.05) is 24.5 Å². The first-order chi connectivity index (χ1) is 8.34. The van der Waals surface area contributed by atoms with E-state index in [0.29, 0.717) is 11.5 Å². The average Bonchev–Trinajstić information content (AvgIpc) is 3.06. The number of carbonyl (C=O) groups excluding carboxylic acids is 1. The summed E-state index contributed by atoms with van der Waals surface area (Å²) >= 11 is 0. The number of anilines is 1. The molecule has 86 valence electrons. The Bertz CT molecular complexity index is 531. The standard InChI is InChI=1S/C12H12N4O/c17-12(9-4-5-9)15-10-3-1-6-13-11(10)16-8-2-7-14-16/h1-3,6-9H,4-5H2,(H,15,17). The fraction of sp³-hybridized carbons (Fsp3) is 0.250. The van der Waals surface area contributed by atoms with Gasteiger partial charge in [0.2, 0.25) is 5.91 Å². The lowest BCUT2D eigenvalue weighted by Gasteiger charge is -2.09. The van der Waals surface area contributed by atoms with Crippen LogP contribution in [0.2, 0.25) is 0 Å². The van der Waals surface area contributed by atoms with Crippen LogP contribution in [0.3, 0.4) is 0 Å². The summed E-state index contributed by atoms with van der Waals surface area (Å²) in [6.07, 6.45) is 7.15. The van der Waals surface area contributed by atoms with Gasteiger partial charge < -0.3 is 5.32 Å². The van der Waals surface area contributed by atoms with Crippen molar-refractivity contribution in [2.45, 2.75) is 12.8 Å². The third-order valence-corrected chi connectivity index (χ3v) is 2.71. The molecule has 0 spiro atoms. The Morgan fingerprint density at radius 3 is 2.94 bits per heavy atom. The van der Waals surface area contributed by atoms with Crippen LogP contribution < -0.4 is 5.32 Å². The molecule has 1 saturated carbocycles. The van der Waals surface area contributed by atoms with Crippen LogP contribution in [0.5, 0.6) is 0 Å². The van der Waals surface area contributed by atoms with Crippen molar-refractivity contribution in [1.82, 2.24) is 14.8 Å². The van der Waals surface area contributed by atoms with E-state index < -0.39 is 0 Å². The van der Waals surface area contributed by atoms with Gasteiger partial charge in [-0.05, 0) is 31.0 Å². The van der Waals surface area contributed by atoms with Gasteiger partial charge in [0.25, 0.3) is 0 Å². The maximum atomic E-state index is 11.7. The molecule has 1 N–H and O–H groups in total. The molecule has 0 unspecified atom stereocenters. The van der Waals surface area contributed by atoms with E-state index >= 15 is 0 Å². The topological polar surface area (TPSA) is 59.8 Å². The Morgan fingerprint density at radius 2 is 2.24 bits per heavy atom. The largest absolute Gasteiger partial charge is 0.323 e. The van der Waals surface area contributed by atoms with Gasteiger partial charge in [0.15, 0.2) is 5.82 Å². The first-order valence-corrected chi connectivity index (χ1v) is 5.60. The zero-order valence-electron chi connectivity index (χ0n) is 9.21. The highest BCUT2D eigenvalue weighted by Crippen LogP contribution is 2.30. The molecule has 2 aromatic heterocycles. The Kier molecular flexibility index (Phi) is 2.36. The Morgan fingerprint density at radius 1 is 1.35 bits per heavy atom. The number of aromatic nitrogens is 3. The summed E-state index contributed by atoms with van der Waals surface area (Å²) in [5, 5.41) is 7.02. The number of amides is 1. The normalized spacial score (nSPS) is 14.6. The predicted molar refractivity (Wildman–Crippen MR) is 62.7 cm³/mol. The molecule has 0 bridgehead atoms. The minimum absolute atomic E-state index is 0.0754. The van der Waals surface area contributed by atoms with Gasteiger partial charge in [0.05, 0.1) is 5.69 Å². The summed E-state index contributed by atoms with van der Waals surface area (Å²) in [5.74, 6) is 0.901. The average molecular weight is 228 g/mol. The summed E-state index contributed by atoms with van der Waals surface area (Å²) in [5.41, 5.74) is 0.702. The molecule has 1 aliphatic rings. The number of hydrogen-bond donors (Lipinski definition) is 1. The van der Waals surface area contributed by atoms with Crippen molar-refractivity contribution in [1.29, 1.82) is 0 Å². The summed E-state index contributed by atoms with van der Waals surface area (Å²) in [4.78, 5) is 16.0. The molecule has 0 aliphatic heterocycles. The highest BCUT2D eigenvalue weighted by molar-refractivity contribution is 5.95. The minimum atomic E-state index is 0.0754. The number of pyridine rings is 1. The van der Waals surface area contributed by atoms with E-state index in [1.165, 1.54) is 0 Å². The van der Waals surface area contributed by atoms with Crippen LogP contribution in [0.1, 0.15) is 12.8 Å². The van der Waals surface area contributed by atoms with Gasteiger partial charge in [0.1, 0.15) is 0 Å². The highest BCUT2D eigenvalue weighted by atomic mass is 16.2. The van der Waals surface area contributed by atoms with Gasteiger partial charge in [-0.3, -0.25) is 4.79 Å². The second-order valence-electron chi connectivity index (χ2n) is 4.09. The zero-order valence-corrected chi connectivity index (χ0v) is 9.21. The van der Waals surface area contributed by atoms with Crippen LogP contribution in [0.15, 0.2) is 36.8 Å². The number of hydrogen-bond acceptors (Lipinski definition) is 3. The molecular weight excluding hydrogens is 216 g/mol. The van der Waals surface area contributed by atoms with Gasteiger partial charge >= 0.3 is 0 Å². The Balaban J connectivity index is 1.90. The van der Waals surface area contributed by atoms with Crippen LogP contribution in [-0.2, 0) is 4.79 Å². The lowest BCUT2D eigenvalue weighted by Crippen LogP contribution is -2.15. The molecule has 2 heterocycles. The maximum absolute atomic E-state index is 11.7. The van der Waals surface area contributed by atoms with E-state index in [1.54, 1.807) is 29.3 Å². The fourth-order valence-corrected chi connectivity index (χ4v) is 1.65. The van der Waals surface area contributed by atoms with Crippen molar-refractivity contribution < 1.29 is 4.79 Å². The van der Waals surface area contributed by atoms with Crippen LogP contribution in [0.4, 0.5) is 5.69 Å². The molecule has 1 fully saturated rings. The summed E-state index contributed by atoms with van der Waals surface area (Å²) in [7, 11) is 0. The number of nitrogens with one attached hydrogen (secondary N) is 1. The molecule has 3 rings (SSSR count). The molecule has 0 aromatic carbocycles. The van der Waals surface area contributed by atoms with Crippen molar-refractivity contribution in [3.8, 4) is 5.82 Å².